The Morgan fingerprint density at radius 2 is 1.94 bits per heavy atom. The van der Waals surface area contributed by atoms with Crippen LogP contribution in [0.25, 0.3) is 0 Å². The lowest BCUT2D eigenvalue weighted by Crippen LogP contribution is -2.39. The number of rotatable bonds is 4. The highest BCUT2D eigenvalue weighted by Crippen LogP contribution is 2.22. The van der Waals surface area contributed by atoms with E-state index in [1.165, 1.54) is 0 Å². The predicted molar refractivity (Wildman–Crippen MR) is 65.6 cm³/mol. The summed E-state index contributed by atoms with van der Waals surface area (Å²) >= 11 is 0. The van der Waals surface area contributed by atoms with Gasteiger partial charge in [0.25, 0.3) is 5.91 Å². The molecule has 1 saturated carbocycles. The van der Waals surface area contributed by atoms with Crippen LogP contribution in [0.4, 0.5) is 14.5 Å². The Kier molecular flexibility index (Phi) is 3.79. The highest BCUT2D eigenvalue weighted by Gasteiger charge is 2.21. The summed E-state index contributed by atoms with van der Waals surface area (Å²) in [7, 11) is 0. The summed E-state index contributed by atoms with van der Waals surface area (Å²) in [6, 6.07) is 2.28. The number of carbonyl (C=O) groups excluding carboxylic acids is 1. The Balaban J connectivity index is 2.15. The van der Waals surface area contributed by atoms with Crippen molar-refractivity contribution >= 4 is 11.6 Å². The van der Waals surface area contributed by atoms with Crippen molar-refractivity contribution < 1.29 is 13.6 Å². The molecule has 5 heteroatoms. The van der Waals surface area contributed by atoms with Gasteiger partial charge in [-0.2, -0.15) is 0 Å². The Labute approximate surface area is 105 Å². The first kappa shape index (κ1) is 12.8. The Hall–Kier alpha value is -1.65. The van der Waals surface area contributed by atoms with Crippen molar-refractivity contribution in [1.82, 2.24) is 5.32 Å². The zero-order valence-corrected chi connectivity index (χ0v) is 10.2. The monoisotopic (exact) mass is 254 g/mol. The summed E-state index contributed by atoms with van der Waals surface area (Å²) in [4.78, 5) is 11.8. The quantitative estimate of drug-likeness (QED) is 0.867. The molecule has 1 aliphatic carbocycles. The average Bonchev–Trinajstić information content (AvgIpc) is 2.28. The number of nitrogens with one attached hydrogen (secondary N) is 2. The van der Waals surface area contributed by atoms with Crippen LogP contribution in [0.15, 0.2) is 12.1 Å². The van der Waals surface area contributed by atoms with E-state index in [9.17, 15) is 13.6 Å². The van der Waals surface area contributed by atoms with E-state index in [2.05, 4.69) is 10.6 Å². The first-order valence-electron chi connectivity index (χ1n) is 6.15. The van der Waals surface area contributed by atoms with E-state index in [-0.39, 0.29) is 17.3 Å². The van der Waals surface area contributed by atoms with Crippen LogP contribution in [0.3, 0.4) is 0 Å². The van der Waals surface area contributed by atoms with Gasteiger partial charge in [0.15, 0.2) is 0 Å². The number of hydrogen-bond donors (Lipinski definition) is 2. The molecular formula is C13H16F2N2O. The molecule has 1 aliphatic rings. The molecule has 0 unspecified atom stereocenters. The molecule has 0 saturated heterocycles. The van der Waals surface area contributed by atoms with Gasteiger partial charge in [0, 0.05) is 18.2 Å². The molecule has 0 spiro atoms. The van der Waals surface area contributed by atoms with E-state index in [4.69, 9.17) is 0 Å². The fourth-order valence-electron chi connectivity index (χ4n) is 1.87. The number of halogens is 2. The topological polar surface area (TPSA) is 41.1 Å². The number of amides is 1. The minimum atomic E-state index is -0.740. The largest absolute Gasteiger partial charge is 0.381 e. The first-order chi connectivity index (χ1) is 8.61. The average molecular weight is 254 g/mol. The molecule has 0 aliphatic heterocycles. The molecule has 0 radical (unpaired) electrons. The van der Waals surface area contributed by atoms with Gasteiger partial charge in [-0.15, -0.1) is 0 Å². The lowest BCUT2D eigenvalue weighted by Gasteiger charge is -2.26. The molecule has 98 valence electrons. The van der Waals surface area contributed by atoms with Gasteiger partial charge in [0.2, 0.25) is 0 Å². The van der Waals surface area contributed by atoms with E-state index in [1.54, 1.807) is 6.92 Å². The van der Waals surface area contributed by atoms with E-state index in [0.717, 1.165) is 31.4 Å². The molecule has 2 rings (SSSR count). The summed E-state index contributed by atoms with van der Waals surface area (Å²) < 4.78 is 27.2. The zero-order chi connectivity index (χ0) is 13.1. The number of hydrogen-bond acceptors (Lipinski definition) is 2. The Bertz CT molecular complexity index is 435. The summed E-state index contributed by atoms with van der Waals surface area (Å²) in [5.74, 6) is -1.90. The molecule has 0 aromatic heterocycles. The number of benzene rings is 1. The molecule has 0 bridgehead atoms. The van der Waals surface area contributed by atoms with Crippen LogP contribution in [0.5, 0.6) is 0 Å². The van der Waals surface area contributed by atoms with Crippen molar-refractivity contribution in [2.45, 2.75) is 32.2 Å². The second-order valence-corrected chi connectivity index (χ2v) is 4.45. The molecule has 1 amide bonds. The van der Waals surface area contributed by atoms with E-state index in [1.807, 2.05) is 0 Å². The van der Waals surface area contributed by atoms with Crippen molar-refractivity contribution in [2.24, 2.45) is 0 Å². The van der Waals surface area contributed by atoms with Gasteiger partial charge >= 0.3 is 0 Å². The molecule has 0 heterocycles. The lowest BCUT2D eigenvalue weighted by molar-refractivity contribution is 0.0916. The molecule has 0 atom stereocenters. The van der Waals surface area contributed by atoms with E-state index >= 15 is 0 Å². The van der Waals surface area contributed by atoms with Crippen molar-refractivity contribution in [3.63, 3.8) is 0 Å². The van der Waals surface area contributed by atoms with Crippen LogP contribution >= 0.6 is 0 Å². The Morgan fingerprint density at radius 1 is 1.33 bits per heavy atom. The summed E-state index contributed by atoms with van der Waals surface area (Å²) in [6.07, 6.45) is 2.96. The predicted octanol–water partition coefficient (Wildman–Crippen LogP) is 2.68. The molecule has 18 heavy (non-hydrogen) atoms. The third-order valence-electron chi connectivity index (χ3n) is 3.10. The molecule has 1 fully saturated rings. The van der Waals surface area contributed by atoms with Gasteiger partial charge in [-0.05, 0) is 38.3 Å². The summed E-state index contributed by atoms with van der Waals surface area (Å²) in [5, 5.41) is 5.34. The van der Waals surface area contributed by atoms with Crippen LogP contribution < -0.4 is 10.6 Å². The maximum absolute atomic E-state index is 13.6. The summed E-state index contributed by atoms with van der Waals surface area (Å²) in [6.45, 7) is 2.16. The van der Waals surface area contributed by atoms with Crippen molar-refractivity contribution in [1.29, 1.82) is 0 Å². The van der Waals surface area contributed by atoms with Gasteiger partial charge in [0.05, 0.1) is 0 Å². The van der Waals surface area contributed by atoms with Crippen LogP contribution in [0.1, 0.15) is 36.5 Å². The number of anilines is 1. The lowest BCUT2D eigenvalue weighted by atomic mass is 9.93. The fourth-order valence-corrected chi connectivity index (χ4v) is 1.87. The third kappa shape index (κ3) is 2.60. The second kappa shape index (κ2) is 5.33. The molecule has 1 aromatic rings. The highest BCUT2D eigenvalue weighted by molar-refractivity contribution is 5.94. The van der Waals surface area contributed by atoms with Crippen LogP contribution in [-0.4, -0.2) is 18.5 Å². The van der Waals surface area contributed by atoms with Crippen molar-refractivity contribution in [3.8, 4) is 0 Å². The standard InChI is InChI=1S/C13H16F2N2O/c1-2-16-12-10(14)6-8(7-11(12)15)13(18)17-9-4-3-5-9/h6-7,9,16H,2-5H2,1H3,(H,17,18). The fraction of sp³-hybridized carbons (Fsp3) is 0.462. The zero-order valence-electron chi connectivity index (χ0n) is 10.2. The van der Waals surface area contributed by atoms with Crippen LogP contribution in [0.2, 0.25) is 0 Å². The smallest absolute Gasteiger partial charge is 0.251 e. The molecule has 2 N–H and O–H groups in total. The molecule has 3 nitrogen and oxygen atoms in total. The SMILES string of the molecule is CCNc1c(F)cc(C(=O)NC2CCC2)cc1F. The van der Waals surface area contributed by atoms with Gasteiger partial charge < -0.3 is 10.6 Å². The normalized spacial score (nSPS) is 15.1. The van der Waals surface area contributed by atoms with Gasteiger partial charge in [-0.3, -0.25) is 4.79 Å². The molecule has 1 aromatic carbocycles. The maximum Gasteiger partial charge on any atom is 0.251 e. The molecular weight excluding hydrogens is 238 g/mol. The van der Waals surface area contributed by atoms with Gasteiger partial charge in [-0.1, -0.05) is 0 Å². The van der Waals surface area contributed by atoms with Gasteiger partial charge in [-0.25, -0.2) is 8.78 Å². The van der Waals surface area contributed by atoms with Crippen molar-refractivity contribution in [3.05, 3.63) is 29.3 Å². The van der Waals surface area contributed by atoms with Crippen molar-refractivity contribution in [2.75, 3.05) is 11.9 Å². The second-order valence-electron chi connectivity index (χ2n) is 4.45. The minimum absolute atomic E-state index is 0.0264. The summed E-state index contributed by atoms with van der Waals surface area (Å²) in [5.41, 5.74) is -0.156. The maximum atomic E-state index is 13.6. The minimum Gasteiger partial charge on any atom is -0.381 e. The first-order valence-corrected chi connectivity index (χ1v) is 6.15. The van der Waals surface area contributed by atoms with E-state index in [0.29, 0.717) is 6.54 Å². The van der Waals surface area contributed by atoms with Gasteiger partial charge in [0.1, 0.15) is 17.3 Å². The van der Waals surface area contributed by atoms with Crippen LogP contribution in [-0.2, 0) is 0 Å². The Morgan fingerprint density at radius 3 is 2.39 bits per heavy atom. The number of carbonyl (C=O) groups is 1. The third-order valence-corrected chi connectivity index (χ3v) is 3.10. The van der Waals surface area contributed by atoms with Crippen LogP contribution in [0, 0.1) is 11.6 Å². The van der Waals surface area contributed by atoms with E-state index < -0.39 is 17.5 Å². The highest BCUT2D eigenvalue weighted by atomic mass is 19.1.